The second-order valence-corrected chi connectivity index (χ2v) is 30.3. The molecule has 8 amide bonds. The summed E-state index contributed by atoms with van der Waals surface area (Å²) in [6.45, 7) is -0.416. The highest BCUT2D eigenvalue weighted by molar-refractivity contribution is 14.8. The molecular weight excluding hydrogens is 1380 g/mol. The van der Waals surface area contributed by atoms with Crippen molar-refractivity contribution in [3.05, 3.63) is 0 Å². The zero-order valence-corrected chi connectivity index (χ0v) is 54.5. The van der Waals surface area contributed by atoms with Crippen LogP contribution in [0.5, 0.6) is 0 Å². The number of halogens is 2. The third kappa shape index (κ3) is 49.4. The van der Waals surface area contributed by atoms with Crippen molar-refractivity contribution >= 4 is 105 Å². The molecule has 0 saturated heterocycles. The van der Waals surface area contributed by atoms with E-state index in [-0.39, 0.29) is 150 Å². The average Bonchev–Trinajstić information content (AvgIpc) is 3.66. The van der Waals surface area contributed by atoms with Gasteiger partial charge in [-0.25, -0.2) is 17.9 Å². The molecule has 502 valence electrons. The van der Waals surface area contributed by atoms with Crippen LogP contribution < -0.4 is 46.5 Å². The molecule has 0 aliphatic heterocycles. The number of carboxylic acids is 4. The van der Waals surface area contributed by atoms with Gasteiger partial charge in [-0.2, -0.15) is 0 Å². The van der Waals surface area contributed by atoms with Gasteiger partial charge in [0, 0.05) is 68.6 Å². The zero-order chi connectivity index (χ0) is 64.9. The summed E-state index contributed by atoms with van der Waals surface area (Å²) in [5.41, 5.74) is 5.42. The van der Waals surface area contributed by atoms with Gasteiger partial charge in [-0.05, 0) is 56.3 Å². The number of carbonyl (C=O) groups excluding carboxylic acids is 8. The second kappa shape index (κ2) is 55.0. The Kier molecular flexibility index (Phi) is 51.7. The van der Waals surface area contributed by atoms with Crippen LogP contribution in [0.4, 0.5) is 0 Å². The lowest BCUT2D eigenvalue weighted by Crippen LogP contribution is -2.51. The number of nitrogens with two attached hydrogens (primary N) is 1. The number of ether oxygens (including phenoxy) is 4. The number of aliphatic carboxylic acids is 4. The number of hydrogen-bond acceptors (Lipinski definition) is 18. The summed E-state index contributed by atoms with van der Waals surface area (Å²) in [5.74, 6) is -9.48. The van der Waals surface area contributed by atoms with Gasteiger partial charge < -0.3 is 87.4 Å². The summed E-state index contributed by atoms with van der Waals surface area (Å²) < 4.78 is 24.2. The molecule has 15 N–H and O–H groups in total. The van der Waals surface area contributed by atoms with Crippen molar-refractivity contribution in [3.63, 3.8) is 0 Å². The Bertz CT molecular complexity index is 2080. The Hall–Kier alpha value is -5.14. The van der Waals surface area contributed by atoms with Gasteiger partial charge in [0.1, 0.15) is 43.4 Å². The molecule has 87 heavy (non-hydrogen) atoms. The molecule has 0 aromatic carbocycles. The topological polar surface area (TPSA) is 465 Å². The van der Waals surface area contributed by atoms with Crippen molar-refractivity contribution in [3.8, 4) is 0 Å². The molecule has 0 rings (SSSR count). The second-order valence-electron chi connectivity index (χ2n) is 20.2. The van der Waals surface area contributed by atoms with Gasteiger partial charge in [0.05, 0.1) is 46.2 Å². The van der Waals surface area contributed by atoms with Crippen molar-refractivity contribution in [1.82, 2.24) is 40.7 Å². The van der Waals surface area contributed by atoms with E-state index in [1.807, 2.05) is 4.93 Å². The van der Waals surface area contributed by atoms with Crippen molar-refractivity contribution in [1.29, 1.82) is 0 Å². The zero-order valence-electron chi connectivity index (χ0n) is 50.2. The predicted octanol–water partition coefficient (Wildman–Crippen LogP) is 1.27. The van der Waals surface area contributed by atoms with Crippen molar-refractivity contribution in [2.75, 3.05) is 84.0 Å². The van der Waals surface area contributed by atoms with Gasteiger partial charge in [-0.3, -0.25) is 43.2 Å². The molecule has 0 spiro atoms. The highest BCUT2D eigenvalue weighted by Gasteiger charge is 2.26. The fourth-order valence-electron chi connectivity index (χ4n) is 8.09. The highest BCUT2D eigenvalue weighted by atomic mass is 128. The van der Waals surface area contributed by atoms with Gasteiger partial charge in [0.25, 0.3) is 0 Å². The number of aliphatic hydroxyl groups is 1. The van der Waals surface area contributed by atoms with E-state index >= 15 is 0 Å². The van der Waals surface area contributed by atoms with E-state index in [4.69, 9.17) is 29.8 Å². The summed E-state index contributed by atoms with van der Waals surface area (Å²) in [6, 6.07) is -5.99. The van der Waals surface area contributed by atoms with Crippen molar-refractivity contribution < 1.29 is 102 Å². The SMILES string of the molecule is CI=IN[C@@H](CO)C(=O)N[C@@H](CCCCNC(=O)CC[C@H](NC(=O)CC[C@H](NC(=O)COCCOCCNC(=O)COCCOCCNC(=O)CC[C@H](NC(=O)CCCCCCCCCCCCCCCCC(=O)O)C(=O)O)C(=O)O)C(=O)O)C(N)=O. The number of carbonyl (C=O) groups is 12. The van der Waals surface area contributed by atoms with Gasteiger partial charge in [0.15, 0.2) is 0 Å². The first-order chi connectivity index (χ1) is 41.7. The van der Waals surface area contributed by atoms with Gasteiger partial charge in [0.2, 0.25) is 47.3 Å². The molecule has 30 nitrogen and oxygen atoms in total. The van der Waals surface area contributed by atoms with Crippen LogP contribution in [-0.4, -0.2) is 211 Å². The number of rotatable bonds is 59. The normalized spacial score (nSPS) is 13.0. The molecule has 0 aliphatic carbocycles. The van der Waals surface area contributed by atoms with Crippen LogP contribution in [0.25, 0.3) is 0 Å². The molecule has 0 fully saturated rings. The summed E-state index contributed by atoms with van der Waals surface area (Å²) in [5, 5.41) is 64.2. The minimum Gasteiger partial charge on any atom is -0.481 e. The lowest BCUT2D eigenvalue weighted by atomic mass is 10.0. The Morgan fingerprint density at radius 3 is 1.22 bits per heavy atom. The van der Waals surface area contributed by atoms with Crippen LogP contribution in [-0.2, 0) is 76.5 Å². The van der Waals surface area contributed by atoms with Crippen LogP contribution in [0.3, 0.4) is 0 Å². The van der Waals surface area contributed by atoms with Crippen LogP contribution >= 0.6 is 33.5 Å². The average molecular weight is 1470 g/mol. The number of amides is 8. The van der Waals surface area contributed by atoms with Gasteiger partial charge in [-0.1, -0.05) is 93.6 Å². The third-order valence-electron chi connectivity index (χ3n) is 12.9. The number of aliphatic hydroxyl groups excluding tert-OH is 1. The molecule has 0 aromatic rings. The quantitative estimate of drug-likeness (QED) is 0.0176. The Morgan fingerprint density at radius 1 is 0.391 bits per heavy atom. The molecule has 0 radical (unpaired) electrons. The Balaban J connectivity index is 4.08. The van der Waals surface area contributed by atoms with E-state index in [0.29, 0.717) is 19.3 Å². The summed E-state index contributed by atoms with van der Waals surface area (Å²) in [7, 11) is 0. The summed E-state index contributed by atoms with van der Waals surface area (Å²) >= 11 is -0.460. The number of hydrogen-bond donors (Lipinski definition) is 14. The molecular formula is C55H97I2N9O21. The fourth-order valence-corrected chi connectivity index (χ4v) is 12.6. The van der Waals surface area contributed by atoms with Crippen molar-refractivity contribution in [2.24, 2.45) is 5.73 Å². The molecule has 5 atom stereocenters. The molecule has 0 unspecified atom stereocenters. The first-order valence-electron chi connectivity index (χ1n) is 29.7. The lowest BCUT2D eigenvalue weighted by molar-refractivity contribution is -0.144. The lowest BCUT2D eigenvalue weighted by Gasteiger charge is -2.19. The van der Waals surface area contributed by atoms with Gasteiger partial charge >= 0.3 is 23.9 Å². The van der Waals surface area contributed by atoms with E-state index in [1.54, 1.807) is 0 Å². The number of primary amides is 1. The standard InChI is InChI=1S/C55H97I2N9O21/c1-56-57-66-43(36-67)52(77)65-39(51(58)76)18-16-17-27-59-44(68)24-21-41(54(80)81)63-47(71)26-23-42(55(82)83)64-49(73)38-87-35-33-85-31-29-61-48(72)37-86-34-32-84-30-28-60-45(69)25-22-40(53(78)79)62-46(70)19-14-12-10-8-6-4-2-3-5-7-9-11-13-15-20-50(74)75/h39-43,66-67H,2-38H2,1H3,(H2,58,76)(H,59,68)(H,60,69)(H,61,72)(H,62,70)(H,63,71)(H,64,73)(H,65,77)(H,74,75)(H,78,79)(H,80,81)(H,82,83)/t39-,40-,41-,42-,43-/m0/s1. The number of unbranched alkanes of at least 4 members (excludes halogenated alkanes) is 14. The maximum absolute atomic E-state index is 12.6. The van der Waals surface area contributed by atoms with E-state index in [0.717, 1.165) is 51.4 Å². The first-order valence-corrected chi connectivity index (χ1v) is 39.2. The van der Waals surface area contributed by atoms with E-state index in [1.165, 1.54) is 32.1 Å². The van der Waals surface area contributed by atoms with Crippen LogP contribution in [0.1, 0.15) is 161 Å². The number of carboxylic acid groups (broad SMARTS) is 4. The Labute approximate surface area is 524 Å². The largest absolute Gasteiger partial charge is 0.481 e. The van der Waals surface area contributed by atoms with E-state index in [2.05, 4.69) is 40.7 Å². The molecule has 0 saturated carbocycles. The highest BCUT2D eigenvalue weighted by Crippen LogP contribution is 2.15. The van der Waals surface area contributed by atoms with E-state index in [9.17, 15) is 78.0 Å². The van der Waals surface area contributed by atoms with Crippen LogP contribution in [0.15, 0.2) is 0 Å². The third-order valence-corrected chi connectivity index (χ3v) is 18.6. The van der Waals surface area contributed by atoms with E-state index < -0.39 is 121 Å². The molecule has 0 aliphatic rings. The van der Waals surface area contributed by atoms with Crippen LogP contribution in [0, 0.1) is 0 Å². The summed E-state index contributed by atoms with van der Waals surface area (Å²) in [4.78, 5) is 146. The summed E-state index contributed by atoms with van der Waals surface area (Å²) in [6.07, 6.45) is 14.5. The maximum Gasteiger partial charge on any atom is 0.326 e. The first kappa shape index (κ1) is 81.9. The minimum atomic E-state index is -1.52. The molecule has 0 bridgehead atoms. The Morgan fingerprint density at radius 2 is 0.782 bits per heavy atom. The fraction of sp³-hybridized carbons (Fsp3) is 0.782. The number of alkyl halides is 1. The van der Waals surface area contributed by atoms with Crippen molar-refractivity contribution in [2.45, 2.75) is 191 Å². The van der Waals surface area contributed by atoms with Gasteiger partial charge in [-0.15, -0.1) is 0 Å². The maximum atomic E-state index is 12.6. The predicted molar refractivity (Wildman–Crippen MR) is 333 cm³/mol. The minimum absolute atomic E-state index is 0.0215. The van der Waals surface area contributed by atoms with Crippen LogP contribution in [0.2, 0.25) is 0 Å². The monoisotopic (exact) mass is 1470 g/mol. The number of nitrogens with one attached hydrogen (secondary N) is 8. The molecule has 32 heteroatoms. The smallest absolute Gasteiger partial charge is 0.326 e. The molecule has 0 heterocycles. The molecule has 0 aromatic heterocycles.